The fraction of sp³-hybridized carbons (Fsp3) is 0.0714. The SMILES string of the molecule is CS(=O)(=O)OP(C=CP(c1ccccc1)c1ccccc1)C(c1ccccc1)c1ccccc1. The Balaban J connectivity index is 1.80. The van der Waals surface area contributed by atoms with E-state index < -0.39 is 26.2 Å². The zero-order chi connectivity index (χ0) is 23.8. The summed E-state index contributed by atoms with van der Waals surface area (Å²) in [5.74, 6) is 4.14. The van der Waals surface area contributed by atoms with Crippen molar-refractivity contribution in [3.63, 3.8) is 0 Å². The Hall–Kier alpha value is -2.61. The van der Waals surface area contributed by atoms with Crippen LogP contribution in [0.5, 0.6) is 0 Å². The van der Waals surface area contributed by atoms with Gasteiger partial charge in [0.1, 0.15) is 0 Å². The predicted molar refractivity (Wildman–Crippen MR) is 146 cm³/mol. The van der Waals surface area contributed by atoms with Crippen molar-refractivity contribution in [2.75, 3.05) is 6.26 Å². The number of benzene rings is 4. The smallest absolute Gasteiger partial charge is 0.243 e. The highest BCUT2D eigenvalue weighted by molar-refractivity contribution is 7.90. The molecule has 4 aromatic carbocycles. The average Bonchev–Trinajstić information content (AvgIpc) is 2.86. The summed E-state index contributed by atoms with van der Waals surface area (Å²) >= 11 is 0. The molecule has 0 bridgehead atoms. The van der Waals surface area contributed by atoms with E-state index >= 15 is 0 Å². The van der Waals surface area contributed by atoms with E-state index in [1.807, 2.05) is 103 Å². The molecule has 0 amide bonds. The zero-order valence-corrected chi connectivity index (χ0v) is 21.4. The third kappa shape index (κ3) is 6.72. The van der Waals surface area contributed by atoms with Crippen molar-refractivity contribution in [3.05, 3.63) is 144 Å². The topological polar surface area (TPSA) is 43.4 Å². The monoisotopic (exact) mass is 504 g/mol. The molecule has 1 unspecified atom stereocenters. The van der Waals surface area contributed by atoms with Crippen molar-refractivity contribution in [2.24, 2.45) is 0 Å². The summed E-state index contributed by atoms with van der Waals surface area (Å²) in [6.45, 7) is 0. The number of rotatable bonds is 9. The molecular weight excluding hydrogens is 478 g/mol. The molecule has 3 nitrogen and oxygen atoms in total. The molecule has 0 aliphatic carbocycles. The van der Waals surface area contributed by atoms with Crippen LogP contribution in [0.4, 0.5) is 0 Å². The van der Waals surface area contributed by atoms with Gasteiger partial charge in [-0.3, -0.25) is 0 Å². The van der Waals surface area contributed by atoms with E-state index in [9.17, 15) is 8.42 Å². The van der Waals surface area contributed by atoms with E-state index in [1.54, 1.807) is 0 Å². The van der Waals surface area contributed by atoms with Crippen molar-refractivity contribution in [1.29, 1.82) is 0 Å². The maximum absolute atomic E-state index is 12.4. The first-order valence-corrected chi connectivity index (χ1v) is 15.5. The van der Waals surface area contributed by atoms with Gasteiger partial charge in [0.15, 0.2) is 0 Å². The fourth-order valence-electron chi connectivity index (χ4n) is 3.70. The van der Waals surface area contributed by atoms with Gasteiger partial charge in [0.05, 0.1) is 20.1 Å². The first-order valence-electron chi connectivity index (χ1n) is 10.9. The first-order chi connectivity index (χ1) is 16.5. The second-order valence-corrected chi connectivity index (χ2v) is 13.3. The zero-order valence-electron chi connectivity index (χ0n) is 18.8. The normalized spacial score (nSPS) is 12.9. The summed E-state index contributed by atoms with van der Waals surface area (Å²) in [5.41, 5.74) is 1.83. The summed E-state index contributed by atoms with van der Waals surface area (Å²) in [4.78, 5) is 0. The van der Waals surface area contributed by atoms with Crippen molar-refractivity contribution in [3.8, 4) is 0 Å². The van der Waals surface area contributed by atoms with Crippen molar-refractivity contribution in [2.45, 2.75) is 5.66 Å². The van der Waals surface area contributed by atoms with Crippen LogP contribution in [-0.2, 0) is 14.1 Å². The molecule has 0 saturated carbocycles. The van der Waals surface area contributed by atoms with Gasteiger partial charge in [-0.15, -0.1) is 0 Å². The molecule has 0 spiro atoms. The molecule has 0 heterocycles. The van der Waals surface area contributed by atoms with Crippen LogP contribution in [0, 0.1) is 0 Å². The minimum Gasteiger partial charge on any atom is -0.243 e. The van der Waals surface area contributed by atoms with E-state index in [2.05, 4.69) is 30.1 Å². The molecule has 1 atom stereocenters. The minimum atomic E-state index is -3.68. The Kier molecular flexibility index (Phi) is 8.43. The lowest BCUT2D eigenvalue weighted by molar-refractivity contribution is 0.515. The van der Waals surface area contributed by atoms with E-state index in [-0.39, 0.29) is 5.66 Å². The molecule has 0 radical (unpaired) electrons. The second-order valence-electron chi connectivity index (χ2n) is 7.70. The van der Waals surface area contributed by atoms with E-state index in [0.717, 1.165) is 17.4 Å². The molecule has 4 aromatic rings. The maximum atomic E-state index is 12.4. The Morgan fingerprint density at radius 1 is 0.618 bits per heavy atom. The quantitative estimate of drug-likeness (QED) is 0.237. The molecule has 0 saturated heterocycles. The van der Waals surface area contributed by atoms with Crippen LogP contribution in [0.15, 0.2) is 133 Å². The summed E-state index contributed by atoms with van der Waals surface area (Å²) < 4.78 is 30.5. The van der Waals surface area contributed by atoms with E-state index in [0.29, 0.717) is 0 Å². The lowest BCUT2D eigenvalue weighted by Gasteiger charge is -2.25. The minimum absolute atomic E-state index is 0.216. The van der Waals surface area contributed by atoms with Crippen LogP contribution in [0.3, 0.4) is 0 Å². The van der Waals surface area contributed by atoms with Gasteiger partial charge in [-0.25, -0.2) is 3.97 Å². The van der Waals surface area contributed by atoms with E-state index in [1.165, 1.54) is 10.6 Å². The standard InChI is InChI=1S/C28H26O3P2S/c1-34(29,30)31-33(28(24-14-6-2-7-15-24)25-16-8-3-9-17-25)23-22-32(26-18-10-4-11-19-26)27-20-12-5-13-21-27/h2-23,28H,1H3. The van der Waals surface area contributed by atoms with Crippen LogP contribution >= 0.6 is 16.1 Å². The van der Waals surface area contributed by atoms with Gasteiger partial charge in [-0.1, -0.05) is 121 Å². The third-order valence-electron chi connectivity index (χ3n) is 5.14. The molecular formula is C28H26O3P2S. The molecule has 34 heavy (non-hydrogen) atoms. The molecule has 0 aliphatic rings. The largest absolute Gasteiger partial charge is 0.267 e. The Labute approximate surface area is 204 Å². The van der Waals surface area contributed by atoms with Gasteiger partial charge >= 0.3 is 0 Å². The number of hydrogen-bond donors (Lipinski definition) is 0. The lowest BCUT2D eigenvalue weighted by atomic mass is 10.0. The molecule has 0 aliphatic heterocycles. The van der Waals surface area contributed by atoms with Gasteiger partial charge in [0.25, 0.3) is 10.1 Å². The molecule has 6 heteroatoms. The Morgan fingerprint density at radius 2 is 1.00 bits per heavy atom. The van der Waals surface area contributed by atoms with Gasteiger partial charge in [-0.05, 0) is 41.3 Å². The summed E-state index contributed by atoms with van der Waals surface area (Å²) in [6, 6.07) is 40.6. The van der Waals surface area contributed by atoms with Crippen LogP contribution in [-0.4, -0.2) is 14.7 Å². The van der Waals surface area contributed by atoms with Gasteiger partial charge in [-0.2, -0.15) is 8.42 Å². The summed E-state index contributed by atoms with van der Waals surface area (Å²) in [6.07, 6.45) is 1.13. The molecule has 0 N–H and O–H groups in total. The van der Waals surface area contributed by atoms with Crippen molar-refractivity contribution in [1.82, 2.24) is 0 Å². The Morgan fingerprint density at radius 3 is 1.38 bits per heavy atom. The molecule has 0 fully saturated rings. The van der Waals surface area contributed by atoms with Gasteiger partial charge in [0, 0.05) is 0 Å². The van der Waals surface area contributed by atoms with Gasteiger partial charge < -0.3 is 0 Å². The first kappa shape index (κ1) is 24.5. The highest BCUT2D eigenvalue weighted by atomic mass is 32.2. The predicted octanol–water partition coefficient (Wildman–Crippen LogP) is 6.75. The average molecular weight is 505 g/mol. The molecule has 0 aromatic heterocycles. The highest BCUT2D eigenvalue weighted by Gasteiger charge is 2.28. The van der Waals surface area contributed by atoms with Crippen LogP contribution in [0.25, 0.3) is 0 Å². The van der Waals surface area contributed by atoms with Crippen molar-refractivity contribution >= 4 is 36.8 Å². The summed E-state index contributed by atoms with van der Waals surface area (Å²) in [5, 5.41) is 2.40. The number of hydrogen-bond acceptors (Lipinski definition) is 3. The van der Waals surface area contributed by atoms with Crippen LogP contribution in [0.2, 0.25) is 0 Å². The van der Waals surface area contributed by atoms with E-state index in [4.69, 9.17) is 3.97 Å². The highest BCUT2D eigenvalue weighted by Crippen LogP contribution is 2.58. The molecule has 172 valence electrons. The van der Waals surface area contributed by atoms with Gasteiger partial charge in [0.2, 0.25) is 0 Å². The second kappa shape index (κ2) is 11.7. The van der Waals surface area contributed by atoms with Crippen molar-refractivity contribution < 1.29 is 12.4 Å². The van der Waals surface area contributed by atoms with Crippen LogP contribution < -0.4 is 10.6 Å². The third-order valence-corrected chi connectivity index (χ3v) is 10.8. The van der Waals surface area contributed by atoms with Crippen LogP contribution in [0.1, 0.15) is 16.8 Å². The summed E-state index contributed by atoms with van der Waals surface area (Å²) in [7, 11) is -6.03. The molecule has 4 rings (SSSR count). The lowest BCUT2D eigenvalue weighted by Crippen LogP contribution is -2.10. The Bertz CT molecular complexity index is 1220. The maximum Gasteiger partial charge on any atom is 0.267 e. The fourth-order valence-corrected chi connectivity index (χ4v) is 9.28.